The molecular formula is C15H27BrO. The van der Waals surface area contributed by atoms with Gasteiger partial charge in [0.25, 0.3) is 0 Å². The van der Waals surface area contributed by atoms with Crippen LogP contribution in [0, 0.1) is 5.41 Å². The van der Waals surface area contributed by atoms with Gasteiger partial charge in [-0.15, -0.1) is 0 Å². The maximum absolute atomic E-state index is 6.14. The molecule has 0 aliphatic heterocycles. The molecule has 2 fully saturated rings. The number of halogens is 1. The van der Waals surface area contributed by atoms with Gasteiger partial charge in [-0.1, -0.05) is 61.4 Å². The molecule has 2 heteroatoms. The van der Waals surface area contributed by atoms with E-state index in [2.05, 4.69) is 22.9 Å². The van der Waals surface area contributed by atoms with Crippen LogP contribution >= 0.6 is 15.9 Å². The Morgan fingerprint density at radius 1 is 1.12 bits per heavy atom. The number of ether oxygens (including phenoxy) is 1. The maximum Gasteiger partial charge on any atom is 0.0652 e. The number of hydrogen-bond donors (Lipinski definition) is 0. The Morgan fingerprint density at radius 3 is 2.47 bits per heavy atom. The van der Waals surface area contributed by atoms with Crippen LogP contribution < -0.4 is 0 Å². The van der Waals surface area contributed by atoms with Gasteiger partial charge in [-0.3, -0.25) is 0 Å². The van der Waals surface area contributed by atoms with Crippen LogP contribution in [0.15, 0.2) is 0 Å². The molecule has 0 amide bonds. The van der Waals surface area contributed by atoms with Crippen molar-refractivity contribution in [3.8, 4) is 0 Å². The Balaban J connectivity index is 1.60. The SMILES string of the molecule is CCCCCCCOC1CC(Br)C12CCCC2. The maximum atomic E-state index is 6.14. The van der Waals surface area contributed by atoms with E-state index in [9.17, 15) is 0 Å². The lowest BCUT2D eigenvalue weighted by atomic mass is 9.64. The van der Waals surface area contributed by atoms with Crippen molar-refractivity contribution >= 4 is 15.9 Å². The van der Waals surface area contributed by atoms with E-state index in [-0.39, 0.29) is 0 Å². The van der Waals surface area contributed by atoms with Crippen LogP contribution in [-0.2, 0) is 4.74 Å². The second kappa shape index (κ2) is 6.56. The molecule has 0 aromatic carbocycles. The number of alkyl halides is 1. The molecule has 0 aromatic heterocycles. The first kappa shape index (κ1) is 13.9. The Morgan fingerprint density at radius 2 is 1.82 bits per heavy atom. The first-order valence-electron chi connectivity index (χ1n) is 7.55. The van der Waals surface area contributed by atoms with Crippen molar-refractivity contribution in [1.82, 2.24) is 0 Å². The zero-order chi connectivity index (χ0) is 12.1. The van der Waals surface area contributed by atoms with Crippen molar-refractivity contribution in [3.05, 3.63) is 0 Å². The van der Waals surface area contributed by atoms with Crippen LogP contribution in [-0.4, -0.2) is 17.5 Å². The standard InChI is InChI=1S/C15H27BrO/c1-2-3-4-5-8-11-17-14-12-13(16)15(14)9-6-7-10-15/h13-14H,2-12H2,1H3. The average Bonchev–Trinajstić information content (AvgIpc) is 2.84. The minimum Gasteiger partial charge on any atom is -0.378 e. The van der Waals surface area contributed by atoms with Gasteiger partial charge in [0.05, 0.1) is 6.10 Å². The van der Waals surface area contributed by atoms with Gasteiger partial charge in [-0.25, -0.2) is 0 Å². The van der Waals surface area contributed by atoms with E-state index in [4.69, 9.17) is 4.74 Å². The van der Waals surface area contributed by atoms with Crippen molar-refractivity contribution in [2.45, 2.75) is 82.1 Å². The van der Waals surface area contributed by atoms with Crippen molar-refractivity contribution in [1.29, 1.82) is 0 Å². The third kappa shape index (κ3) is 3.07. The predicted molar refractivity (Wildman–Crippen MR) is 76.7 cm³/mol. The van der Waals surface area contributed by atoms with Crippen molar-refractivity contribution in [2.75, 3.05) is 6.61 Å². The topological polar surface area (TPSA) is 9.23 Å². The largest absolute Gasteiger partial charge is 0.378 e. The molecule has 0 aromatic rings. The molecular weight excluding hydrogens is 276 g/mol. The van der Waals surface area contributed by atoms with Gasteiger partial charge in [0.1, 0.15) is 0 Å². The van der Waals surface area contributed by atoms with E-state index in [1.807, 2.05) is 0 Å². The van der Waals surface area contributed by atoms with E-state index in [0.717, 1.165) is 11.4 Å². The third-order valence-corrected chi connectivity index (χ3v) is 6.07. The molecule has 1 spiro atoms. The van der Waals surface area contributed by atoms with E-state index in [1.165, 1.54) is 64.2 Å². The van der Waals surface area contributed by atoms with Crippen molar-refractivity contribution in [2.24, 2.45) is 5.41 Å². The van der Waals surface area contributed by atoms with Gasteiger partial charge in [0.2, 0.25) is 0 Å². The fraction of sp³-hybridized carbons (Fsp3) is 1.00. The third-order valence-electron chi connectivity index (χ3n) is 4.79. The predicted octanol–water partition coefficient (Wildman–Crippen LogP) is 5.07. The summed E-state index contributed by atoms with van der Waals surface area (Å²) in [7, 11) is 0. The highest BCUT2D eigenvalue weighted by Gasteiger charge is 2.55. The first-order valence-corrected chi connectivity index (χ1v) is 8.47. The summed E-state index contributed by atoms with van der Waals surface area (Å²) in [6, 6.07) is 0. The van der Waals surface area contributed by atoms with Crippen LogP contribution in [0.5, 0.6) is 0 Å². The van der Waals surface area contributed by atoms with Crippen molar-refractivity contribution < 1.29 is 4.74 Å². The normalized spacial score (nSPS) is 30.7. The minimum absolute atomic E-state index is 0.531. The van der Waals surface area contributed by atoms with Crippen LogP contribution in [0.2, 0.25) is 0 Å². The molecule has 1 nitrogen and oxygen atoms in total. The monoisotopic (exact) mass is 302 g/mol. The highest BCUT2D eigenvalue weighted by atomic mass is 79.9. The van der Waals surface area contributed by atoms with Gasteiger partial charge in [0, 0.05) is 16.8 Å². The van der Waals surface area contributed by atoms with Gasteiger partial charge in [-0.05, 0) is 25.7 Å². The molecule has 0 N–H and O–H groups in total. The lowest BCUT2D eigenvalue weighted by molar-refractivity contribution is -0.101. The molecule has 0 heterocycles. The van der Waals surface area contributed by atoms with E-state index in [1.54, 1.807) is 0 Å². The molecule has 2 rings (SSSR count). The summed E-state index contributed by atoms with van der Waals surface area (Å²) in [4.78, 5) is 0.739. The molecule has 17 heavy (non-hydrogen) atoms. The molecule has 2 atom stereocenters. The summed E-state index contributed by atoms with van der Waals surface area (Å²) >= 11 is 3.85. The first-order chi connectivity index (χ1) is 8.29. The van der Waals surface area contributed by atoms with E-state index < -0.39 is 0 Å². The van der Waals surface area contributed by atoms with E-state index >= 15 is 0 Å². The molecule has 2 unspecified atom stereocenters. The highest BCUT2D eigenvalue weighted by Crippen LogP contribution is 2.57. The lowest BCUT2D eigenvalue weighted by Gasteiger charge is -2.51. The quantitative estimate of drug-likeness (QED) is 0.471. The van der Waals surface area contributed by atoms with Gasteiger partial charge in [0.15, 0.2) is 0 Å². The van der Waals surface area contributed by atoms with E-state index in [0.29, 0.717) is 11.5 Å². The molecule has 2 aliphatic rings. The fourth-order valence-electron chi connectivity index (χ4n) is 3.53. The summed E-state index contributed by atoms with van der Waals surface area (Å²) < 4.78 is 6.14. The Bertz CT molecular complexity index is 223. The molecule has 2 saturated carbocycles. The Kier molecular flexibility index (Phi) is 5.35. The lowest BCUT2D eigenvalue weighted by Crippen LogP contribution is -2.53. The van der Waals surface area contributed by atoms with Gasteiger partial charge in [-0.2, -0.15) is 0 Å². The zero-order valence-corrected chi connectivity index (χ0v) is 12.8. The molecule has 0 saturated heterocycles. The minimum atomic E-state index is 0.531. The van der Waals surface area contributed by atoms with Gasteiger partial charge < -0.3 is 4.74 Å². The molecule has 100 valence electrons. The molecule has 0 bridgehead atoms. The summed E-state index contributed by atoms with van der Waals surface area (Å²) in [6.07, 6.45) is 14.1. The van der Waals surface area contributed by atoms with Crippen LogP contribution in [0.3, 0.4) is 0 Å². The number of rotatable bonds is 7. The smallest absolute Gasteiger partial charge is 0.0652 e. The Hall–Kier alpha value is 0.440. The Labute approximate surface area is 115 Å². The zero-order valence-electron chi connectivity index (χ0n) is 11.2. The highest BCUT2D eigenvalue weighted by molar-refractivity contribution is 9.09. The molecule has 2 aliphatic carbocycles. The fourth-order valence-corrected chi connectivity index (χ4v) is 4.62. The molecule has 0 radical (unpaired) electrons. The average molecular weight is 303 g/mol. The summed E-state index contributed by atoms with van der Waals surface area (Å²) in [6.45, 7) is 3.26. The summed E-state index contributed by atoms with van der Waals surface area (Å²) in [5, 5.41) is 0. The van der Waals surface area contributed by atoms with Crippen LogP contribution in [0.1, 0.15) is 71.1 Å². The van der Waals surface area contributed by atoms with Crippen LogP contribution in [0.25, 0.3) is 0 Å². The second-order valence-electron chi connectivity index (χ2n) is 5.92. The van der Waals surface area contributed by atoms with Crippen LogP contribution in [0.4, 0.5) is 0 Å². The summed E-state index contributed by atoms with van der Waals surface area (Å²) in [5.74, 6) is 0. The van der Waals surface area contributed by atoms with Gasteiger partial charge >= 0.3 is 0 Å². The summed E-state index contributed by atoms with van der Waals surface area (Å²) in [5.41, 5.74) is 0.531. The van der Waals surface area contributed by atoms with Crippen molar-refractivity contribution in [3.63, 3.8) is 0 Å². The number of hydrogen-bond acceptors (Lipinski definition) is 1. The number of unbranched alkanes of at least 4 members (excludes halogenated alkanes) is 4. The second-order valence-corrected chi connectivity index (χ2v) is 7.02.